The maximum atomic E-state index is 11.8. The zero-order valence-corrected chi connectivity index (χ0v) is 12.0. The molecule has 2 aromatic carbocycles. The molecular formula is C17H13N3O3. The lowest BCUT2D eigenvalue weighted by atomic mass is 10.2. The molecule has 1 heterocycles. The van der Waals surface area contributed by atoms with Crippen molar-refractivity contribution in [2.24, 2.45) is 4.99 Å². The number of hydrogen-bond acceptors (Lipinski definition) is 4. The summed E-state index contributed by atoms with van der Waals surface area (Å²) in [6.45, 7) is 0. The molecule has 0 saturated heterocycles. The van der Waals surface area contributed by atoms with Crippen molar-refractivity contribution in [1.29, 1.82) is 0 Å². The van der Waals surface area contributed by atoms with Gasteiger partial charge in [-0.05, 0) is 6.07 Å². The van der Waals surface area contributed by atoms with Gasteiger partial charge in [0.25, 0.3) is 11.8 Å². The predicted molar refractivity (Wildman–Crippen MR) is 82.6 cm³/mol. The molecule has 2 aromatic rings. The second kappa shape index (κ2) is 6.25. The van der Waals surface area contributed by atoms with Gasteiger partial charge < -0.3 is 5.11 Å². The van der Waals surface area contributed by atoms with Crippen molar-refractivity contribution in [1.82, 2.24) is 5.32 Å². The highest BCUT2D eigenvalue weighted by Gasteiger charge is 2.16. The van der Waals surface area contributed by atoms with E-state index in [-0.39, 0.29) is 5.56 Å². The van der Waals surface area contributed by atoms with Crippen LogP contribution in [0.4, 0.5) is 11.4 Å². The van der Waals surface area contributed by atoms with Crippen LogP contribution in [0, 0.1) is 0 Å². The Morgan fingerprint density at radius 1 is 1.09 bits per heavy atom. The lowest BCUT2D eigenvalue weighted by molar-refractivity contribution is -0.436. The number of carbonyl (C=O) groups excluding carboxylic acids is 2. The Balaban J connectivity index is 1.62. The number of nitrogens with two attached hydrogens (primary N) is 1. The fourth-order valence-electron chi connectivity index (χ4n) is 2.16. The van der Waals surface area contributed by atoms with E-state index in [0.29, 0.717) is 5.84 Å². The molecule has 23 heavy (non-hydrogen) atoms. The molecule has 0 aliphatic carbocycles. The van der Waals surface area contributed by atoms with Gasteiger partial charge in [-0.3, -0.25) is 20.2 Å². The van der Waals surface area contributed by atoms with E-state index in [2.05, 4.69) is 10.3 Å². The van der Waals surface area contributed by atoms with Crippen LogP contribution >= 0.6 is 0 Å². The molecule has 0 radical (unpaired) electrons. The first-order chi connectivity index (χ1) is 11.1. The van der Waals surface area contributed by atoms with E-state index in [9.17, 15) is 14.7 Å². The summed E-state index contributed by atoms with van der Waals surface area (Å²) in [6, 6.07) is 13.3. The molecule has 3 rings (SSSR count). The number of amides is 2. The average Bonchev–Trinajstić information content (AvgIpc) is 2.96. The molecule has 6 heteroatoms. The summed E-state index contributed by atoms with van der Waals surface area (Å²) in [7, 11) is 0. The molecule has 0 saturated carbocycles. The summed E-state index contributed by atoms with van der Waals surface area (Å²) in [5, 5.41) is 15.5. The van der Waals surface area contributed by atoms with Gasteiger partial charge in [0.1, 0.15) is 5.69 Å². The van der Waals surface area contributed by atoms with Crippen molar-refractivity contribution >= 4 is 29.0 Å². The summed E-state index contributed by atoms with van der Waals surface area (Å²) in [6.07, 6.45) is 2.73. The van der Waals surface area contributed by atoms with Crippen molar-refractivity contribution in [3.05, 3.63) is 66.2 Å². The lowest BCUT2D eigenvalue weighted by Crippen LogP contribution is -2.80. The maximum Gasteiger partial charge on any atom is 0.257 e. The monoisotopic (exact) mass is 307 g/mol. The fourth-order valence-corrected chi connectivity index (χ4v) is 2.16. The predicted octanol–water partition coefficient (Wildman–Crippen LogP) is 0.512. The van der Waals surface area contributed by atoms with E-state index >= 15 is 0 Å². The normalized spacial score (nSPS) is 12.8. The molecule has 0 fully saturated rings. The van der Waals surface area contributed by atoms with Crippen molar-refractivity contribution < 1.29 is 20.0 Å². The van der Waals surface area contributed by atoms with Crippen LogP contribution in [0.25, 0.3) is 0 Å². The Hall–Kier alpha value is -3.25. The third kappa shape index (κ3) is 3.33. The van der Waals surface area contributed by atoms with Crippen LogP contribution in [0.5, 0.6) is 5.75 Å². The topological polar surface area (TPSA) is 98.2 Å². The molecule has 1 aliphatic heterocycles. The second-order valence-corrected chi connectivity index (χ2v) is 4.89. The van der Waals surface area contributed by atoms with Crippen LogP contribution in [-0.2, 0) is 4.79 Å². The number of fused-ring (bicyclic) bond motifs is 1. The number of amidine groups is 1. The first-order valence-electron chi connectivity index (χ1n) is 6.95. The highest BCUT2D eigenvalue weighted by molar-refractivity contribution is 6.10. The molecule has 0 unspecified atom stereocenters. The Morgan fingerprint density at radius 2 is 1.83 bits per heavy atom. The van der Waals surface area contributed by atoms with Gasteiger partial charge >= 0.3 is 0 Å². The van der Waals surface area contributed by atoms with E-state index in [1.165, 1.54) is 30.4 Å². The molecule has 2 amide bonds. The van der Waals surface area contributed by atoms with E-state index in [1.807, 2.05) is 29.6 Å². The van der Waals surface area contributed by atoms with Gasteiger partial charge in [-0.15, -0.1) is 0 Å². The molecule has 0 atom stereocenters. The highest BCUT2D eigenvalue weighted by atomic mass is 16.3. The van der Waals surface area contributed by atoms with Crippen LogP contribution in [0.2, 0.25) is 0 Å². The molecule has 3 N–H and O–H groups in total. The summed E-state index contributed by atoms with van der Waals surface area (Å²) >= 11 is 0. The number of carbonyl (C=O) groups is 2. The summed E-state index contributed by atoms with van der Waals surface area (Å²) < 4.78 is 0. The first kappa shape index (κ1) is 14.7. The number of para-hydroxylation sites is 3. The number of imide groups is 1. The third-order valence-corrected chi connectivity index (χ3v) is 3.26. The number of nitrogens with one attached hydrogen (secondary N) is 1. The Bertz CT molecular complexity index is 840. The Morgan fingerprint density at radius 3 is 2.61 bits per heavy atom. The van der Waals surface area contributed by atoms with E-state index in [1.54, 1.807) is 6.07 Å². The van der Waals surface area contributed by atoms with Crippen molar-refractivity contribution in [2.75, 3.05) is 0 Å². The summed E-state index contributed by atoms with van der Waals surface area (Å²) in [5.41, 5.74) is 1.75. The van der Waals surface area contributed by atoms with Gasteiger partial charge in [0, 0.05) is 23.8 Å². The van der Waals surface area contributed by atoms with Crippen molar-refractivity contribution in [3.8, 4) is 5.75 Å². The zero-order chi connectivity index (χ0) is 16.2. The number of rotatable bonds is 3. The molecule has 1 aliphatic rings. The minimum absolute atomic E-state index is 0.0635. The fraction of sp³-hybridized carbons (Fsp3) is 0. The summed E-state index contributed by atoms with van der Waals surface area (Å²) in [4.78, 5) is 28.0. The third-order valence-electron chi connectivity index (χ3n) is 3.26. The van der Waals surface area contributed by atoms with Gasteiger partial charge in [-0.25, -0.2) is 0 Å². The minimum Gasteiger partial charge on any atom is -0.872 e. The smallest absolute Gasteiger partial charge is 0.257 e. The van der Waals surface area contributed by atoms with E-state index in [4.69, 9.17) is 0 Å². The van der Waals surface area contributed by atoms with Crippen molar-refractivity contribution in [3.63, 3.8) is 0 Å². The van der Waals surface area contributed by atoms with Crippen LogP contribution in [0.15, 0.2) is 65.7 Å². The number of benzene rings is 2. The molecule has 114 valence electrons. The van der Waals surface area contributed by atoms with Crippen molar-refractivity contribution in [2.45, 2.75) is 0 Å². The van der Waals surface area contributed by atoms with E-state index < -0.39 is 17.6 Å². The number of nitrogens with zero attached hydrogens (tertiary/aromatic N) is 1. The van der Waals surface area contributed by atoms with Gasteiger partial charge in [0.05, 0.1) is 0 Å². The number of hydrogen-bond donors (Lipinski definition) is 2. The number of aliphatic imine (C=N–C) groups is 1. The Labute approximate surface area is 132 Å². The average molecular weight is 307 g/mol. The minimum atomic E-state index is -0.717. The quantitative estimate of drug-likeness (QED) is 0.638. The van der Waals surface area contributed by atoms with Gasteiger partial charge in [0.15, 0.2) is 5.69 Å². The van der Waals surface area contributed by atoms with Gasteiger partial charge in [-0.1, -0.05) is 42.1 Å². The van der Waals surface area contributed by atoms with Crippen LogP contribution in [0.3, 0.4) is 0 Å². The van der Waals surface area contributed by atoms with Crippen LogP contribution in [0.1, 0.15) is 10.4 Å². The largest absolute Gasteiger partial charge is 0.872 e. The van der Waals surface area contributed by atoms with Crippen LogP contribution in [-0.4, -0.2) is 17.6 Å². The van der Waals surface area contributed by atoms with E-state index in [0.717, 1.165) is 11.4 Å². The molecule has 0 aromatic heterocycles. The number of quaternary nitrogens is 1. The first-order valence-corrected chi connectivity index (χ1v) is 6.95. The lowest BCUT2D eigenvalue weighted by Gasteiger charge is -2.11. The molecular weight excluding hydrogens is 294 g/mol. The molecule has 0 bridgehead atoms. The SMILES string of the molecule is O=C(/C=C/C1=Nc2ccccc2[NH2+]1)NC(=O)c1ccccc1[O-]. The second-order valence-electron chi connectivity index (χ2n) is 4.89. The van der Waals surface area contributed by atoms with Gasteiger partial charge in [0.2, 0.25) is 5.84 Å². The summed E-state index contributed by atoms with van der Waals surface area (Å²) in [5.74, 6) is -1.13. The Kier molecular flexibility index (Phi) is 3.99. The zero-order valence-electron chi connectivity index (χ0n) is 12.0. The molecule has 6 nitrogen and oxygen atoms in total. The highest BCUT2D eigenvalue weighted by Crippen LogP contribution is 2.22. The maximum absolute atomic E-state index is 11.8. The standard InChI is InChI=1S/C17H13N3O3/c21-14-8-4-1-5-11(14)17(23)20-16(22)10-9-15-18-12-6-2-3-7-13(12)19-15/h1-10,21H,(H,18,19)(H,20,22,23)/b10-9+. The van der Waals surface area contributed by atoms with Gasteiger partial charge in [-0.2, -0.15) is 4.99 Å². The molecule has 0 spiro atoms. The van der Waals surface area contributed by atoms with Crippen LogP contribution < -0.4 is 15.7 Å².